The van der Waals surface area contributed by atoms with Crippen LogP contribution >= 0.6 is 0 Å². The van der Waals surface area contributed by atoms with Crippen LogP contribution in [0.1, 0.15) is 28.1 Å². The van der Waals surface area contributed by atoms with E-state index in [1.54, 1.807) is 4.90 Å². The Morgan fingerprint density at radius 3 is 3.00 bits per heavy atom. The number of carbonyl (C=O) groups excluding carboxylic acids is 1. The quantitative estimate of drug-likeness (QED) is 0.700. The van der Waals surface area contributed by atoms with Crippen LogP contribution in [0, 0.1) is 0 Å². The molecule has 0 aromatic heterocycles. The minimum atomic E-state index is -0.398. The van der Waals surface area contributed by atoms with Gasteiger partial charge < -0.3 is 14.4 Å². The second-order valence-corrected chi connectivity index (χ2v) is 3.02. The molecule has 14 heavy (non-hydrogen) atoms. The number of rotatable bonds is 3. The zero-order valence-corrected chi connectivity index (χ0v) is 8.71. The van der Waals surface area contributed by atoms with Crippen LogP contribution in [-0.2, 0) is 9.47 Å². The Labute approximate surface area is 85.9 Å². The molecule has 0 aromatic carbocycles. The van der Waals surface area contributed by atoms with Crippen molar-refractivity contribution >= 4 is 6.09 Å². The zero-order valence-electron chi connectivity index (χ0n) is 9.71. The van der Waals surface area contributed by atoms with Crippen molar-refractivity contribution in [3.05, 3.63) is 12.0 Å². The first-order valence-electron chi connectivity index (χ1n) is 5.48. The topological polar surface area (TPSA) is 38.8 Å². The maximum atomic E-state index is 11.5. The number of hydrogen-bond acceptors (Lipinski definition) is 3. The molecule has 0 aromatic rings. The van der Waals surface area contributed by atoms with Gasteiger partial charge in [0.05, 0.1) is 6.61 Å². The fraction of sp³-hybridized carbons (Fsp3) is 0.700. The van der Waals surface area contributed by atoms with E-state index in [1.165, 1.54) is 0 Å². The van der Waals surface area contributed by atoms with Crippen molar-refractivity contribution < 1.29 is 15.6 Å². The summed E-state index contributed by atoms with van der Waals surface area (Å²) in [6.07, 6.45) is 0.988. The highest BCUT2D eigenvalue weighted by Crippen LogP contribution is 2.14. The minimum Gasteiger partial charge on any atom is -0.498 e. The summed E-state index contributed by atoms with van der Waals surface area (Å²) in [5, 5.41) is 0. The van der Waals surface area contributed by atoms with Crippen LogP contribution in [0.5, 0.6) is 0 Å². The Bertz CT molecular complexity index is 261. The molecule has 0 unspecified atom stereocenters. The smallest absolute Gasteiger partial charge is 0.414 e. The lowest BCUT2D eigenvalue weighted by molar-refractivity contribution is 0.114. The second kappa shape index (κ2) is 5.52. The highest BCUT2D eigenvalue weighted by atomic mass is 16.6. The van der Waals surface area contributed by atoms with E-state index in [1.807, 2.05) is 13.8 Å². The van der Waals surface area contributed by atoms with Gasteiger partial charge in [-0.25, -0.2) is 4.79 Å². The van der Waals surface area contributed by atoms with Crippen molar-refractivity contribution in [1.82, 2.24) is 4.90 Å². The van der Waals surface area contributed by atoms with E-state index in [0.717, 1.165) is 6.42 Å². The number of amides is 1. The average molecular weight is 200 g/mol. The number of allylic oxidation sites excluding steroid dienone is 1. The van der Waals surface area contributed by atoms with Gasteiger partial charge in [-0.15, -0.1) is 0 Å². The largest absolute Gasteiger partial charge is 0.498 e. The minimum absolute atomic E-state index is 0.0123. The predicted molar refractivity (Wildman–Crippen MR) is 52.7 cm³/mol. The Kier molecular flexibility index (Phi) is 3.69. The number of carbonyl (C=O) groups is 1. The molecular formula is C10H17NO3. The number of ether oxygens (including phenoxy) is 2. The normalized spacial score (nSPS) is 17.1. The molecule has 0 radical (unpaired) electrons. The van der Waals surface area contributed by atoms with Crippen LogP contribution in [0.2, 0.25) is 0 Å². The average Bonchev–Trinajstić information content (AvgIpc) is 2.23. The molecule has 0 bridgehead atoms. The molecule has 0 atom stereocenters. The summed E-state index contributed by atoms with van der Waals surface area (Å²) in [7, 11) is 0. The lowest BCUT2D eigenvalue weighted by Crippen LogP contribution is -2.31. The van der Waals surface area contributed by atoms with Gasteiger partial charge >= 0.3 is 6.09 Å². The van der Waals surface area contributed by atoms with Crippen molar-refractivity contribution in [2.75, 3.05) is 19.7 Å². The molecule has 4 nitrogen and oxygen atoms in total. The molecule has 1 aliphatic heterocycles. The molecular weight excluding hydrogens is 182 g/mol. The van der Waals surface area contributed by atoms with Crippen LogP contribution in [0.15, 0.2) is 12.0 Å². The van der Waals surface area contributed by atoms with E-state index in [0.29, 0.717) is 31.9 Å². The lowest BCUT2D eigenvalue weighted by atomic mass is 10.2. The van der Waals surface area contributed by atoms with E-state index >= 15 is 0 Å². The Hall–Kier alpha value is -1.19. The fourth-order valence-corrected chi connectivity index (χ4v) is 1.21. The zero-order chi connectivity index (χ0) is 11.3. The van der Waals surface area contributed by atoms with Crippen molar-refractivity contribution in [1.29, 1.82) is 0 Å². The monoisotopic (exact) mass is 200 g/mol. The molecule has 1 rings (SSSR count). The van der Waals surface area contributed by atoms with Gasteiger partial charge in [-0.3, -0.25) is 0 Å². The third kappa shape index (κ3) is 2.94. The van der Waals surface area contributed by atoms with Crippen LogP contribution in [0.3, 0.4) is 0 Å². The summed E-state index contributed by atoms with van der Waals surface area (Å²) >= 11 is 0. The molecule has 0 aliphatic carbocycles. The van der Waals surface area contributed by atoms with Gasteiger partial charge in [0.15, 0.2) is 0 Å². The van der Waals surface area contributed by atoms with Gasteiger partial charge in [0.2, 0.25) is 0 Å². The predicted octanol–water partition coefficient (Wildman–Crippen LogP) is 2.12. The van der Waals surface area contributed by atoms with Crippen molar-refractivity contribution in [3.8, 4) is 0 Å². The van der Waals surface area contributed by atoms with E-state index in [4.69, 9.17) is 10.8 Å². The van der Waals surface area contributed by atoms with Gasteiger partial charge in [-0.1, -0.05) is 0 Å². The van der Waals surface area contributed by atoms with Crippen LogP contribution in [-0.4, -0.2) is 30.7 Å². The van der Waals surface area contributed by atoms with Crippen LogP contribution < -0.4 is 0 Å². The molecule has 1 heterocycles. The van der Waals surface area contributed by atoms with Gasteiger partial charge in [0, 0.05) is 19.5 Å². The Balaban J connectivity index is 2.56. The first kappa shape index (κ1) is 9.37. The highest BCUT2D eigenvalue weighted by Gasteiger charge is 2.15. The first-order valence-corrected chi connectivity index (χ1v) is 4.98. The SMILES string of the molecule is [2H]C1=C(OC(=O)N(CC)CC)CCCO1. The molecule has 0 N–H and O–H groups in total. The molecule has 1 amide bonds. The van der Waals surface area contributed by atoms with E-state index in [9.17, 15) is 4.79 Å². The maximum Gasteiger partial charge on any atom is 0.414 e. The maximum absolute atomic E-state index is 11.5. The first-order chi connectivity index (χ1) is 7.19. The summed E-state index contributed by atoms with van der Waals surface area (Å²) in [5.41, 5.74) is 0. The number of hydrogen-bond donors (Lipinski definition) is 0. The standard InChI is InChI=1S/C10H17NO3/c1-3-11(4-2)10(12)14-9-6-5-7-13-8-9/h8H,3-7H2,1-2H3/i8D. The van der Waals surface area contributed by atoms with Crippen molar-refractivity contribution in [3.63, 3.8) is 0 Å². The molecule has 0 spiro atoms. The van der Waals surface area contributed by atoms with Gasteiger partial charge in [0.1, 0.15) is 13.4 Å². The molecule has 1 aliphatic rings. The fourth-order valence-electron chi connectivity index (χ4n) is 1.21. The van der Waals surface area contributed by atoms with E-state index < -0.39 is 6.09 Å². The lowest BCUT2D eigenvalue weighted by Gasteiger charge is -2.20. The van der Waals surface area contributed by atoms with Crippen LogP contribution in [0.25, 0.3) is 0 Å². The Morgan fingerprint density at radius 2 is 2.43 bits per heavy atom. The summed E-state index contributed by atoms with van der Waals surface area (Å²) in [6.45, 7) is 5.52. The summed E-state index contributed by atoms with van der Waals surface area (Å²) < 4.78 is 17.5. The van der Waals surface area contributed by atoms with Crippen molar-refractivity contribution in [2.24, 2.45) is 0 Å². The van der Waals surface area contributed by atoms with Crippen LogP contribution in [0.4, 0.5) is 4.79 Å². The highest BCUT2D eigenvalue weighted by molar-refractivity contribution is 5.68. The third-order valence-corrected chi connectivity index (χ3v) is 2.07. The Morgan fingerprint density at radius 1 is 1.71 bits per heavy atom. The molecule has 0 saturated carbocycles. The number of nitrogens with zero attached hydrogens (tertiary/aromatic N) is 1. The molecule has 0 saturated heterocycles. The van der Waals surface area contributed by atoms with Gasteiger partial charge in [-0.2, -0.15) is 0 Å². The van der Waals surface area contributed by atoms with E-state index in [-0.39, 0.29) is 6.24 Å². The van der Waals surface area contributed by atoms with Gasteiger partial charge in [0.25, 0.3) is 0 Å². The second-order valence-electron chi connectivity index (χ2n) is 3.02. The van der Waals surface area contributed by atoms with E-state index in [2.05, 4.69) is 0 Å². The molecule has 0 fully saturated rings. The summed E-state index contributed by atoms with van der Waals surface area (Å²) in [4.78, 5) is 13.1. The summed E-state index contributed by atoms with van der Waals surface area (Å²) in [6, 6.07) is 0. The summed E-state index contributed by atoms with van der Waals surface area (Å²) in [5.74, 6) is 0.346. The third-order valence-electron chi connectivity index (χ3n) is 2.07. The van der Waals surface area contributed by atoms with Crippen molar-refractivity contribution in [2.45, 2.75) is 26.7 Å². The molecule has 80 valence electrons. The van der Waals surface area contributed by atoms with Gasteiger partial charge in [-0.05, 0) is 20.3 Å². The molecule has 4 heteroatoms.